The molecule has 1 aliphatic heterocycles. The lowest BCUT2D eigenvalue weighted by Gasteiger charge is -2.15. The third kappa shape index (κ3) is 5.34. The first-order chi connectivity index (χ1) is 12.5. The van der Waals surface area contributed by atoms with Crippen molar-refractivity contribution in [1.29, 1.82) is 0 Å². The quantitative estimate of drug-likeness (QED) is 0.176. The summed E-state index contributed by atoms with van der Waals surface area (Å²) < 4.78 is 13.2. The normalized spacial score (nSPS) is 13.8. The zero-order valence-corrected chi connectivity index (χ0v) is 19.0. The number of hydrogen-bond acceptors (Lipinski definition) is 3. The van der Waals surface area contributed by atoms with Gasteiger partial charge in [-0.2, -0.15) is 0 Å². The van der Waals surface area contributed by atoms with Gasteiger partial charge in [0.05, 0.1) is 6.61 Å². The minimum atomic E-state index is -0.0402. The molecule has 1 aromatic rings. The Morgan fingerprint density at radius 1 is 1.04 bits per heavy atom. The van der Waals surface area contributed by atoms with Gasteiger partial charge in [-0.05, 0) is 55.7 Å². The zero-order valence-electron chi connectivity index (χ0n) is 14.7. The molecule has 0 saturated carbocycles. The van der Waals surface area contributed by atoms with Crippen molar-refractivity contribution < 1.29 is 9.15 Å². The molecule has 0 spiro atoms. The van der Waals surface area contributed by atoms with E-state index in [2.05, 4.69) is 52.1 Å². The first-order valence-corrected chi connectivity index (χ1v) is 11.4. The topological polar surface area (TPSA) is 39.4 Å². The maximum absolute atomic E-state index is 11.5. The van der Waals surface area contributed by atoms with Gasteiger partial charge in [0.15, 0.2) is 5.43 Å². The van der Waals surface area contributed by atoms with Gasteiger partial charge in [0, 0.05) is 24.9 Å². The van der Waals surface area contributed by atoms with Crippen LogP contribution in [0.2, 0.25) is 0 Å². The summed E-state index contributed by atoms with van der Waals surface area (Å²) in [7, 11) is 0. The summed E-state index contributed by atoms with van der Waals surface area (Å²) in [6, 6.07) is 12.8. The molecule has 0 aromatic heterocycles. The fourth-order valence-electron chi connectivity index (χ4n) is 2.96. The molecule has 1 aromatic carbocycles. The van der Waals surface area contributed by atoms with Crippen molar-refractivity contribution in [2.24, 2.45) is 0 Å². The van der Waals surface area contributed by atoms with E-state index in [9.17, 15) is 4.79 Å². The molecule has 3 nitrogen and oxygen atoms in total. The molecule has 1 heterocycles. The summed E-state index contributed by atoms with van der Waals surface area (Å²) in [5, 5.41) is 0.981. The van der Waals surface area contributed by atoms with Gasteiger partial charge >= 0.3 is 0 Å². The molecule has 5 heteroatoms. The van der Waals surface area contributed by atoms with E-state index in [0.29, 0.717) is 9.68 Å². The predicted molar refractivity (Wildman–Crippen MR) is 124 cm³/mol. The first-order valence-electron chi connectivity index (χ1n) is 8.94. The van der Waals surface area contributed by atoms with Crippen molar-refractivity contribution >= 4 is 56.2 Å². The number of fused-ring (bicyclic) bond motifs is 2. The lowest BCUT2D eigenvalue weighted by Crippen LogP contribution is -2.11. The van der Waals surface area contributed by atoms with Crippen LogP contribution in [0.5, 0.6) is 5.75 Å². The molecule has 3 rings (SSSR count). The Balaban J connectivity index is 1.64. The highest BCUT2D eigenvalue weighted by atomic mass is 127. The van der Waals surface area contributed by atoms with Crippen LogP contribution in [-0.4, -0.2) is 14.5 Å². The van der Waals surface area contributed by atoms with E-state index in [1.54, 1.807) is 12.1 Å². The van der Waals surface area contributed by atoms with Crippen LogP contribution in [-0.2, 0) is 0 Å². The SMILES string of the molecule is CCCC(I)CC(I)CCOc1ccc2oc3cc(=O)ccc-3cc2c1. The highest BCUT2D eigenvalue weighted by Gasteiger charge is 2.12. The average Bonchev–Trinajstić information content (AvgIpc) is 2.60. The van der Waals surface area contributed by atoms with Gasteiger partial charge in [0.2, 0.25) is 0 Å². The highest BCUT2D eigenvalue weighted by Crippen LogP contribution is 2.29. The number of benzene rings is 2. The molecule has 138 valence electrons. The molecule has 0 radical (unpaired) electrons. The van der Waals surface area contributed by atoms with Gasteiger partial charge in [0.1, 0.15) is 17.1 Å². The predicted octanol–water partition coefficient (Wildman–Crippen LogP) is 6.46. The maximum atomic E-state index is 11.5. The second-order valence-corrected chi connectivity index (χ2v) is 10.0. The van der Waals surface area contributed by atoms with E-state index in [0.717, 1.165) is 39.2 Å². The number of ether oxygens (including phenoxy) is 1. The molecule has 0 saturated heterocycles. The van der Waals surface area contributed by atoms with Crippen LogP contribution in [0.15, 0.2) is 51.7 Å². The van der Waals surface area contributed by atoms with Crippen molar-refractivity contribution in [1.82, 2.24) is 0 Å². The Bertz CT molecular complexity index is 890. The van der Waals surface area contributed by atoms with E-state index in [1.807, 2.05) is 24.3 Å². The molecule has 0 bridgehead atoms. The van der Waals surface area contributed by atoms with E-state index in [4.69, 9.17) is 9.15 Å². The van der Waals surface area contributed by atoms with Gasteiger partial charge in [-0.15, -0.1) is 0 Å². The van der Waals surface area contributed by atoms with Crippen LogP contribution >= 0.6 is 45.2 Å². The largest absolute Gasteiger partial charge is 0.494 e. The van der Waals surface area contributed by atoms with Gasteiger partial charge in [-0.25, -0.2) is 0 Å². The lowest BCUT2D eigenvalue weighted by atomic mass is 10.1. The third-order valence-corrected chi connectivity index (χ3v) is 6.57. The van der Waals surface area contributed by atoms with E-state index in [-0.39, 0.29) is 5.43 Å². The smallest absolute Gasteiger partial charge is 0.182 e. The first kappa shape index (κ1) is 19.9. The Morgan fingerprint density at radius 2 is 1.85 bits per heavy atom. The van der Waals surface area contributed by atoms with Crippen molar-refractivity contribution in [2.45, 2.75) is 40.5 Å². The summed E-state index contributed by atoms with van der Waals surface area (Å²) >= 11 is 5.10. The van der Waals surface area contributed by atoms with Crippen molar-refractivity contribution in [3.63, 3.8) is 0 Å². The minimum absolute atomic E-state index is 0.0402. The van der Waals surface area contributed by atoms with Gasteiger partial charge in [-0.1, -0.05) is 58.5 Å². The third-order valence-electron chi connectivity index (χ3n) is 4.31. The Kier molecular flexibility index (Phi) is 7.19. The van der Waals surface area contributed by atoms with Crippen LogP contribution < -0.4 is 10.2 Å². The number of halogens is 2. The molecule has 2 aliphatic rings. The van der Waals surface area contributed by atoms with Gasteiger partial charge in [-0.3, -0.25) is 4.79 Å². The van der Waals surface area contributed by atoms with Crippen LogP contribution in [0.1, 0.15) is 32.6 Å². The van der Waals surface area contributed by atoms with Crippen LogP contribution in [0.25, 0.3) is 22.3 Å². The maximum Gasteiger partial charge on any atom is 0.182 e. The molecule has 2 atom stereocenters. The summed E-state index contributed by atoms with van der Waals surface area (Å²) in [4.78, 5) is 11.5. The van der Waals surface area contributed by atoms with Crippen LogP contribution in [0.4, 0.5) is 0 Å². The van der Waals surface area contributed by atoms with E-state index < -0.39 is 0 Å². The fraction of sp³-hybridized carbons (Fsp3) is 0.381. The van der Waals surface area contributed by atoms with Crippen molar-refractivity contribution in [3.05, 3.63) is 52.7 Å². The minimum Gasteiger partial charge on any atom is -0.494 e. The van der Waals surface area contributed by atoms with Crippen molar-refractivity contribution in [2.75, 3.05) is 6.61 Å². The average molecular weight is 576 g/mol. The standard InChI is InChI=1S/C21H22I2O3/c1-2-3-16(22)12-17(23)8-9-25-19-6-7-20-15(11-19)10-14-4-5-18(24)13-21(14)26-20/h4-7,10-11,13,16-17H,2-3,8-9,12H2,1H3. The zero-order chi connectivity index (χ0) is 18.5. The fourth-order valence-corrected chi connectivity index (χ4v) is 6.04. The highest BCUT2D eigenvalue weighted by molar-refractivity contribution is 14.1. The van der Waals surface area contributed by atoms with Gasteiger partial charge in [0.25, 0.3) is 0 Å². The van der Waals surface area contributed by atoms with Crippen LogP contribution in [0, 0.1) is 0 Å². The number of alkyl halides is 2. The van der Waals surface area contributed by atoms with E-state index >= 15 is 0 Å². The Morgan fingerprint density at radius 3 is 2.65 bits per heavy atom. The molecular weight excluding hydrogens is 554 g/mol. The summed E-state index contributed by atoms with van der Waals surface area (Å²) in [6.45, 7) is 2.96. The monoisotopic (exact) mass is 576 g/mol. The lowest BCUT2D eigenvalue weighted by molar-refractivity contribution is 0.309. The molecule has 0 fully saturated rings. The van der Waals surface area contributed by atoms with E-state index in [1.165, 1.54) is 25.3 Å². The molecule has 1 aliphatic carbocycles. The molecule has 0 N–H and O–H groups in total. The summed E-state index contributed by atoms with van der Waals surface area (Å²) in [6.07, 6.45) is 4.83. The Labute approximate surface area is 181 Å². The van der Waals surface area contributed by atoms with Crippen LogP contribution in [0.3, 0.4) is 0 Å². The molecule has 0 amide bonds. The van der Waals surface area contributed by atoms with Gasteiger partial charge < -0.3 is 9.15 Å². The second-order valence-electron chi connectivity index (χ2n) is 6.50. The number of hydrogen-bond donors (Lipinski definition) is 0. The summed E-state index contributed by atoms with van der Waals surface area (Å²) in [5.41, 5.74) is 1.64. The molecule has 26 heavy (non-hydrogen) atoms. The van der Waals surface area contributed by atoms with Crippen molar-refractivity contribution in [3.8, 4) is 17.1 Å². The molecular formula is C21H22I2O3. The summed E-state index contributed by atoms with van der Waals surface area (Å²) in [5.74, 6) is 1.47. The number of rotatable bonds is 8. The second kappa shape index (κ2) is 9.39. The Hall–Kier alpha value is -0.830. The molecule has 2 unspecified atom stereocenters.